The number of benzene rings is 2. The Morgan fingerprint density at radius 2 is 1.95 bits per heavy atom. The molecular formula is C16H15N3O. The highest BCUT2D eigenvalue weighted by atomic mass is 16.1. The molecule has 0 unspecified atom stereocenters. The van der Waals surface area contributed by atoms with Gasteiger partial charge in [0.05, 0.1) is 16.6 Å². The van der Waals surface area contributed by atoms with Crippen molar-refractivity contribution in [2.24, 2.45) is 5.73 Å². The number of aryl methyl sites for hydroxylation is 1. The van der Waals surface area contributed by atoms with Crippen LogP contribution in [0.4, 0.5) is 0 Å². The largest absolute Gasteiger partial charge is 0.326 e. The van der Waals surface area contributed by atoms with Crippen molar-refractivity contribution in [1.29, 1.82) is 0 Å². The molecule has 0 amide bonds. The zero-order chi connectivity index (χ0) is 14.1. The summed E-state index contributed by atoms with van der Waals surface area (Å²) in [7, 11) is 0. The van der Waals surface area contributed by atoms with E-state index >= 15 is 0 Å². The molecule has 1 heterocycles. The molecule has 0 aliphatic rings. The lowest BCUT2D eigenvalue weighted by Gasteiger charge is -2.11. The Morgan fingerprint density at radius 3 is 2.75 bits per heavy atom. The number of nitrogens with zero attached hydrogens (tertiary/aromatic N) is 2. The molecule has 2 N–H and O–H groups in total. The number of rotatable bonds is 2. The van der Waals surface area contributed by atoms with Gasteiger partial charge in [-0.05, 0) is 36.8 Å². The Balaban J connectivity index is 2.33. The van der Waals surface area contributed by atoms with E-state index in [1.165, 1.54) is 0 Å². The van der Waals surface area contributed by atoms with E-state index in [1.54, 1.807) is 10.6 Å². The van der Waals surface area contributed by atoms with Crippen molar-refractivity contribution in [1.82, 2.24) is 9.55 Å². The number of aromatic nitrogens is 2. The van der Waals surface area contributed by atoms with Gasteiger partial charge in [0, 0.05) is 6.54 Å². The highest BCUT2D eigenvalue weighted by molar-refractivity contribution is 5.77. The second kappa shape index (κ2) is 4.90. The summed E-state index contributed by atoms with van der Waals surface area (Å²) >= 11 is 0. The van der Waals surface area contributed by atoms with Gasteiger partial charge in [-0.3, -0.25) is 9.36 Å². The zero-order valence-electron chi connectivity index (χ0n) is 11.2. The van der Waals surface area contributed by atoms with E-state index in [4.69, 9.17) is 5.73 Å². The van der Waals surface area contributed by atoms with Crippen LogP contribution in [0.5, 0.6) is 0 Å². The summed E-state index contributed by atoms with van der Waals surface area (Å²) in [6.07, 6.45) is 0. The van der Waals surface area contributed by atoms with E-state index in [-0.39, 0.29) is 5.56 Å². The summed E-state index contributed by atoms with van der Waals surface area (Å²) in [6, 6.07) is 15.0. The Kier molecular flexibility index (Phi) is 3.08. The van der Waals surface area contributed by atoms with Crippen molar-refractivity contribution in [2.75, 3.05) is 0 Å². The molecule has 20 heavy (non-hydrogen) atoms. The zero-order valence-corrected chi connectivity index (χ0v) is 11.2. The first-order valence-electron chi connectivity index (χ1n) is 6.48. The average molecular weight is 265 g/mol. The molecule has 0 aliphatic carbocycles. The Hall–Kier alpha value is -2.46. The molecule has 100 valence electrons. The third-order valence-corrected chi connectivity index (χ3v) is 3.35. The van der Waals surface area contributed by atoms with Gasteiger partial charge in [-0.15, -0.1) is 0 Å². The molecule has 0 fully saturated rings. The van der Waals surface area contributed by atoms with E-state index in [0.29, 0.717) is 17.8 Å². The van der Waals surface area contributed by atoms with Crippen LogP contribution >= 0.6 is 0 Å². The van der Waals surface area contributed by atoms with Crippen molar-refractivity contribution < 1.29 is 0 Å². The van der Waals surface area contributed by atoms with Gasteiger partial charge in [-0.1, -0.05) is 24.3 Å². The molecule has 0 saturated carbocycles. The molecule has 0 spiro atoms. The van der Waals surface area contributed by atoms with Gasteiger partial charge in [-0.25, -0.2) is 4.98 Å². The van der Waals surface area contributed by atoms with Gasteiger partial charge >= 0.3 is 0 Å². The highest BCUT2D eigenvalue weighted by Crippen LogP contribution is 2.13. The second-order valence-electron chi connectivity index (χ2n) is 4.69. The number of fused-ring (bicyclic) bond motifs is 1. The van der Waals surface area contributed by atoms with Crippen molar-refractivity contribution in [3.63, 3.8) is 0 Å². The van der Waals surface area contributed by atoms with Crippen LogP contribution in [0.15, 0.2) is 53.3 Å². The van der Waals surface area contributed by atoms with Crippen LogP contribution in [0.3, 0.4) is 0 Å². The van der Waals surface area contributed by atoms with Crippen LogP contribution in [0.25, 0.3) is 16.6 Å². The van der Waals surface area contributed by atoms with Crippen LogP contribution in [-0.2, 0) is 6.54 Å². The van der Waals surface area contributed by atoms with Crippen molar-refractivity contribution in [3.8, 4) is 5.69 Å². The van der Waals surface area contributed by atoms with Gasteiger partial charge in [0.2, 0.25) is 0 Å². The number of hydrogen-bond donors (Lipinski definition) is 1. The summed E-state index contributed by atoms with van der Waals surface area (Å²) in [4.78, 5) is 17.1. The first-order valence-corrected chi connectivity index (χ1v) is 6.48. The molecule has 1 aromatic heterocycles. The fraction of sp³-hybridized carbons (Fsp3) is 0.125. The molecule has 4 nitrogen and oxygen atoms in total. The Labute approximate surface area is 116 Å². The standard InChI is InChI=1S/C16H15N3O/c1-11-18-15-8-3-2-7-14(15)16(20)19(11)13-6-4-5-12(9-13)10-17/h2-9H,10,17H2,1H3. The van der Waals surface area contributed by atoms with E-state index in [2.05, 4.69) is 4.98 Å². The molecule has 3 rings (SSSR count). The van der Waals surface area contributed by atoms with Gasteiger partial charge in [0.25, 0.3) is 5.56 Å². The predicted molar refractivity (Wildman–Crippen MR) is 80.0 cm³/mol. The topological polar surface area (TPSA) is 60.9 Å². The quantitative estimate of drug-likeness (QED) is 0.772. The van der Waals surface area contributed by atoms with Gasteiger partial charge < -0.3 is 5.73 Å². The molecule has 2 aromatic carbocycles. The third-order valence-electron chi connectivity index (χ3n) is 3.35. The van der Waals surface area contributed by atoms with Crippen LogP contribution in [0, 0.1) is 6.92 Å². The monoisotopic (exact) mass is 265 g/mol. The van der Waals surface area contributed by atoms with Crippen LogP contribution < -0.4 is 11.3 Å². The minimum atomic E-state index is -0.0535. The Morgan fingerprint density at radius 1 is 1.15 bits per heavy atom. The molecule has 4 heteroatoms. The van der Waals surface area contributed by atoms with Crippen molar-refractivity contribution >= 4 is 10.9 Å². The minimum Gasteiger partial charge on any atom is -0.326 e. The normalized spacial score (nSPS) is 10.9. The molecule has 0 aliphatic heterocycles. The fourth-order valence-electron chi connectivity index (χ4n) is 2.37. The number of para-hydroxylation sites is 1. The van der Waals surface area contributed by atoms with Crippen molar-refractivity contribution in [2.45, 2.75) is 13.5 Å². The van der Waals surface area contributed by atoms with Crippen LogP contribution in [-0.4, -0.2) is 9.55 Å². The summed E-state index contributed by atoms with van der Waals surface area (Å²) < 4.78 is 1.63. The molecule has 0 bridgehead atoms. The van der Waals surface area contributed by atoms with E-state index in [0.717, 1.165) is 16.8 Å². The average Bonchev–Trinajstić information content (AvgIpc) is 2.47. The summed E-state index contributed by atoms with van der Waals surface area (Å²) in [5, 5.41) is 0.622. The minimum absolute atomic E-state index is 0.0535. The van der Waals surface area contributed by atoms with Gasteiger partial charge in [-0.2, -0.15) is 0 Å². The lowest BCUT2D eigenvalue weighted by atomic mass is 10.2. The third kappa shape index (κ3) is 2.00. The first-order chi connectivity index (χ1) is 9.70. The summed E-state index contributed by atoms with van der Waals surface area (Å²) in [6.45, 7) is 2.28. The maximum Gasteiger partial charge on any atom is 0.265 e. The highest BCUT2D eigenvalue weighted by Gasteiger charge is 2.09. The smallest absolute Gasteiger partial charge is 0.265 e. The van der Waals surface area contributed by atoms with Crippen LogP contribution in [0.2, 0.25) is 0 Å². The SMILES string of the molecule is Cc1nc2ccccc2c(=O)n1-c1cccc(CN)c1. The molecular weight excluding hydrogens is 250 g/mol. The van der Waals surface area contributed by atoms with Gasteiger partial charge in [0.15, 0.2) is 0 Å². The second-order valence-corrected chi connectivity index (χ2v) is 4.69. The lowest BCUT2D eigenvalue weighted by molar-refractivity contribution is 0.890. The summed E-state index contributed by atoms with van der Waals surface area (Å²) in [5.74, 6) is 0.669. The van der Waals surface area contributed by atoms with Gasteiger partial charge in [0.1, 0.15) is 5.82 Å². The molecule has 0 atom stereocenters. The van der Waals surface area contributed by atoms with E-state index in [9.17, 15) is 4.79 Å². The number of hydrogen-bond acceptors (Lipinski definition) is 3. The maximum absolute atomic E-state index is 12.6. The molecule has 0 radical (unpaired) electrons. The summed E-state index contributed by atoms with van der Waals surface area (Å²) in [5.41, 5.74) is 8.12. The van der Waals surface area contributed by atoms with Crippen LogP contribution in [0.1, 0.15) is 11.4 Å². The number of nitrogens with two attached hydrogens (primary N) is 1. The first kappa shape index (κ1) is 12.6. The lowest BCUT2D eigenvalue weighted by Crippen LogP contribution is -2.22. The maximum atomic E-state index is 12.6. The Bertz CT molecular complexity index is 836. The van der Waals surface area contributed by atoms with Crippen molar-refractivity contribution in [3.05, 3.63) is 70.3 Å². The van der Waals surface area contributed by atoms with E-state index in [1.807, 2.05) is 49.4 Å². The molecule has 3 aromatic rings. The van der Waals surface area contributed by atoms with E-state index < -0.39 is 0 Å². The fourth-order valence-corrected chi connectivity index (χ4v) is 2.37. The predicted octanol–water partition coefficient (Wildman–Crippen LogP) is 2.15. The molecule has 0 saturated heterocycles.